The smallest absolute Gasteiger partial charge is 0.344 e. The van der Waals surface area contributed by atoms with Crippen LogP contribution < -0.4 is 16.3 Å². The van der Waals surface area contributed by atoms with Gasteiger partial charge in [0, 0.05) is 27.3 Å². The summed E-state index contributed by atoms with van der Waals surface area (Å²) in [6.07, 6.45) is 0. The highest BCUT2D eigenvalue weighted by molar-refractivity contribution is 6.37. The topological polar surface area (TPSA) is 88.4 Å². The van der Waals surface area contributed by atoms with Crippen LogP contribution in [0.4, 0.5) is 11.4 Å². The van der Waals surface area contributed by atoms with Gasteiger partial charge in [0.15, 0.2) is 0 Å². The molecule has 0 saturated heterocycles. The van der Waals surface area contributed by atoms with Gasteiger partial charge in [-0.3, -0.25) is 9.59 Å². The second-order valence-electron chi connectivity index (χ2n) is 8.18. The number of nitrogens with one attached hydrogen (secondary N) is 2. The first-order valence-corrected chi connectivity index (χ1v) is 11.9. The van der Waals surface area contributed by atoms with Gasteiger partial charge >= 0.3 is 5.63 Å². The van der Waals surface area contributed by atoms with Gasteiger partial charge in [-0.25, -0.2) is 4.79 Å². The maximum absolute atomic E-state index is 12.8. The summed E-state index contributed by atoms with van der Waals surface area (Å²) < 4.78 is 5.40. The highest BCUT2D eigenvalue weighted by atomic mass is 35.5. The predicted molar refractivity (Wildman–Crippen MR) is 147 cm³/mol. The molecule has 8 heteroatoms. The molecule has 0 spiro atoms. The van der Waals surface area contributed by atoms with Crippen molar-refractivity contribution in [3.05, 3.63) is 129 Å². The van der Waals surface area contributed by atoms with Crippen LogP contribution in [0, 0.1) is 0 Å². The summed E-state index contributed by atoms with van der Waals surface area (Å²) in [4.78, 5) is 37.9. The first-order valence-electron chi connectivity index (χ1n) is 11.2. The molecule has 0 fully saturated rings. The van der Waals surface area contributed by atoms with Crippen LogP contribution >= 0.6 is 23.2 Å². The number of anilines is 2. The molecule has 0 aliphatic carbocycles. The molecule has 0 unspecified atom stereocenters. The predicted octanol–water partition coefficient (Wildman–Crippen LogP) is 7.27. The monoisotopic (exact) mass is 528 g/mol. The fourth-order valence-corrected chi connectivity index (χ4v) is 4.31. The first-order chi connectivity index (χ1) is 17.9. The van der Waals surface area contributed by atoms with E-state index in [2.05, 4.69) is 10.6 Å². The van der Waals surface area contributed by atoms with Crippen molar-refractivity contribution in [2.24, 2.45) is 0 Å². The third-order valence-electron chi connectivity index (χ3n) is 5.65. The minimum absolute atomic E-state index is 0.236. The van der Waals surface area contributed by atoms with Gasteiger partial charge in [-0.05, 0) is 66.2 Å². The summed E-state index contributed by atoms with van der Waals surface area (Å²) in [6.45, 7) is 0. The average Bonchev–Trinajstić information content (AvgIpc) is 2.88. The van der Waals surface area contributed by atoms with E-state index in [4.69, 9.17) is 27.6 Å². The molecule has 0 bridgehead atoms. The van der Waals surface area contributed by atoms with Crippen LogP contribution in [0.5, 0.6) is 0 Å². The van der Waals surface area contributed by atoms with Crippen molar-refractivity contribution in [1.82, 2.24) is 0 Å². The Hall–Kier alpha value is -4.39. The Labute approximate surface area is 221 Å². The second kappa shape index (κ2) is 10.3. The van der Waals surface area contributed by atoms with E-state index in [1.54, 1.807) is 72.8 Å². The molecular formula is C29H18Cl2N2O4. The van der Waals surface area contributed by atoms with Crippen LogP contribution in [-0.2, 0) is 0 Å². The van der Waals surface area contributed by atoms with E-state index in [9.17, 15) is 14.4 Å². The summed E-state index contributed by atoms with van der Waals surface area (Å²) in [5, 5.41) is 7.05. The third-order valence-corrected chi connectivity index (χ3v) is 6.20. The van der Waals surface area contributed by atoms with Gasteiger partial charge in [-0.15, -0.1) is 0 Å². The van der Waals surface area contributed by atoms with Crippen molar-refractivity contribution >= 4 is 57.4 Å². The lowest BCUT2D eigenvalue weighted by Crippen LogP contribution is -2.14. The molecule has 0 aliphatic rings. The van der Waals surface area contributed by atoms with Crippen LogP contribution in [-0.4, -0.2) is 11.8 Å². The standard InChI is InChI=1S/C29H18Cl2N2O4/c30-20-12-13-23(25(31)15-20)28(35)33-22-6-3-5-21(16-22)32-27(34)18-10-8-17(9-11-18)24-14-19-4-1-2-7-26(19)37-29(24)36/h1-16H,(H,32,34)(H,33,35). The second-order valence-corrected chi connectivity index (χ2v) is 9.02. The number of benzene rings is 4. The number of hydrogen-bond donors (Lipinski definition) is 2. The van der Waals surface area contributed by atoms with Crippen molar-refractivity contribution < 1.29 is 14.0 Å². The zero-order valence-corrected chi connectivity index (χ0v) is 20.6. The Kier molecular flexibility index (Phi) is 6.77. The maximum atomic E-state index is 12.8. The molecule has 0 aliphatic heterocycles. The van der Waals surface area contributed by atoms with Gasteiger partial charge in [0.2, 0.25) is 0 Å². The van der Waals surface area contributed by atoms with Crippen LogP contribution in [0.2, 0.25) is 10.0 Å². The van der Waals surface area contributed by atoms with E-state index in [1.165, 1.54) is 12.1 Å². The van der Waals surface area contributed by atoms with Crippen molar-refractivity contribution in [1.29, 1.82) is 0 Å². The first kappa shape index (κ1) is 24.3. The van der Waals surface area contributed by atoms with Gasteiger partial charge < -0.3 is 15.1 Å². The van der Waals surface area contributed by atoms with Crippen molar-refractivity contribution in [2.45, 2.75) is 0 Å². The molecule has 4 aromatic carbocycles. The molecule has 182 valence electrons. The number of carbonyl (C=O) groups is 2. The van der Waals surface area contributed by atoms with E-state index in [-0.39, 0.29) is 16.5 Å². The van der Waals surface area contributed by atoms with Gasteiger partial charge in [0.1, 0.15) is 5.58 Å². The number of amides is 2. The summed E-state index contributed by atoms with van der Waals surface area (Å²) in [5.41, 5.74) is 2.77. The molecule has 6 nitrogen and oxygen atoms in total. The lowest BCUT2D eigenvalue weighted by Gasteiger charge is -2.10. The molecule has 0 radical (unpaired) electrons. The lowest BCUT2D eigenvalue weighted by atomic mass is 10.0. The molecule has 2 N–H and O–H groups in total. The Balaban J connectivity index is 1.30. The number of rotatable bonds is 5. The highest BCUT2D eigenvalue weighted by Gasteiger charge is 2.13. The molecule has 1 aromatic heterocycles. The summed E-state index contributed by atoms with van der Waals surface area (Å²) in [6, 6.07) is 27.1. The summed E-state index contributed by atoms with van der Waals surface area (Å²) in [5.74, 6) is -0.750. The maximum Gasteiger partial charge on any atom is 0.344 e. The Bertz CT molecular complexity index is 1710. The molecule has 1 heterocycles. The number of fused-ring (bicyclic) bond motifs is 1. The highest BCUT2D eigenvalue weighted by Crippen LogP contribution is 2.24. The minimum atomic E-state index is -0.449. The SMILES string of the molecule is O=C(Nc1cccc(NC(=O)c2ccc(Cl)cc2Cl)c1)c1ccc(-c2cc3ccccc3oc2=O)cc1. The van der Waals surface area contributed by atoms with E-state index >= 15 is 0 Å². The molecule has 0 atom stereocenters. The lowest BCUT2D eigenvalue weighted by molar-refractivity contribution is 0.101. The number of para-hydroxylation sites is 1. The zero-order valence-electron chi connectivity index (χ0n) is 19.1. The molecule has 5 aromatic rings. The molecule has 0 saturated carbocycles. The fourth-order valence-electron chi connectivity index (χ4n) is 3.81. The Morgan fingerprint density at radius 2 is 1.41 bits per heavy atom. The van der Waals surface area contributed by atoms with E-state index in [1.807, 2.05) is 12.1 Å². The molecule has 5 rings (SSSR count). The van der Waals surface area contributed by atoms with Gasteiger partial charge in [-0.2, -0.15) is 0 Å². The van der Waals surface area contributed by atoms with Crippen LogP contribution in [0.3, 0.4) is 0 Å². The van der Waals surface area contributed by atoms with Gasteiger partial charge in [-0.1, -0.05) is 59.6 Å². The minimum Gasteiger partial charge on any atom is -0.422 e. The normalized spacial score (nSPS) is 10.8. The zero-order chi connectivity index (χ0) is 25.9. The van der Waals surface area contributed by atoms with Crippen LogP contribution in [0.1, 0.15) is 20.7 Å². The van der Waals surface area contributed by atoms with E-state index in [0.717, 1.165) is 5.39 Å². The Morgan fingerprint density at radius 3 is 2.14 bits per heavy atom. The third kappa shape index (κ3) is 5.40. The number of hydrogen-bond acceptors (Lipinski definition) is 4. The van der Waals surface area contributed by atoms with Gasteiger partial charge in [0.25, 0.3) is 11.8 Å². The average molecular weight is 529 g/mol. The molecular weight excluding hydrogens is 511 g/mol. The molecule has 2 amide bonds. The number of carbonyl (C=O) groups excluding carboxylic acids is 2. The van der Waals surface area contributed by atoms with Crippen molar-refractivity contribution in [2.75, 3.05) is 10.6 Å². The van der Waals surface area contributed by atoms with Crippen molar-refractivity contribution in [3.63, 3.8) is 0 Å². The molecule has 37 heavy (non-hydrogen) atoms. The summed E-state index contributed by atoms with van der Waals surface area (Å²) in [7, 11) is 0. The largest absolute Gasteiger partial charge is 0.422 e. The van der Waals surface area contributed by atoms with E-state index < -0.39 is 11.5 Å². The number of halogens is 2. The fraction of sp³-hybridized carbons (Fsp3) is 0. The van der Waals surface area contributed by atoms with Crippen LogP contribution in [0.15, 0.2) is 106 Å². The van der Waals surface area contributed by atoms with Crippen LogP contribution in [0.25, 0.3) is 22.1 Å². The quantitative estimate of drug-likeness (QED) is 0.235. The van der Waals surface area contributed by atoms with Crippen molar-refractivity contribution in [3.8, 4) is 11.1 Å². The summed E-state index contributed by atoms with van der Waals surface area (Å²) >= 11 is 12.0. The Morgan fingerprint density at radius 1 is 0.703 bits per heavy atom. The van der Waals surface area contributed by atoms with E-state index in [0.29, 0.717) is 38.7 Å². The van der Waals surface area contributed by atoms with Gasteiger partial charge in [0.05, 0.1) is 16.1 Å².